The Bertz CT molecular complexity index is 264. The maximum Gasteiger partial charge on any atom is 0.309 e. The largest absolute Gasteiger partial charge is 0.469 e. The van der Waals surface area contributed by atoms with Crippen LogP contribution in [-0.4, -0.2) is 13.1 Å². The van der Waals surface area contributed by atoms with Gasteiger partial charge < -0.3 is 4.74 Å². The molecule has 13 heavy (non-hydrogen) atoms. The second-order valence-electron chi connectivity index (χ2n) is 4.13. The molecule has 0 aliphatic heterocycles. The lowest BCUT2D eigenvalue weighted by Gasteiger charge is -2.24. The van der Waals surface area contributed by atoms with E-state index < -0.39 is 0 Å². The van der Waals surface area contributed by atoms with E-state index in [2.05, 4.69) is 5.92 Å². The number of rotatable bonds is 1. The van der Waals surface area contributed by atoms with E-state index in [4.69, 9.17) is 11.2 Å². The SMILES string of the molecule is C#C[C@@H]1C[C@H]2C[C@H]2C[C@H]1C(=O)OC. The van der Waals surface area contributed by atoms with E-state index in [1.807, 2.05) is 0 Å². The van der Waals surface area contributed by atoms with Gasteiger partial charge in [0.25, 0.3) is 0 Å². The Hall–Kier alpha value is -0.970. The number of carbonyl (C=O) groups is 1. The molecule has 0 radical (unpaired) electrons. The summed E-state index contributed by atoms with van der Waals surface area (Å²) in [6, 6.07) is 0. The fourth-order valence-electron chi connectivity index (χ4n) is 2.46. The Balaban J connectivity index is 2.07. The molecule has 0 unspecified atom stereocenters. The number of ether oxygens (including phenoxy) is 1. The highest BCUT2D eigenvalue weighted by Crippen LogP contribution is 2.53. The molecule has 0 bridgehead atoms. The fourth-order valence-corrected chi connectivity index (χ4v) is 2.46. The van der Waals surface area contributed by atoms with Crippen molar-refractivity contribution in [1.29, 1.82) is 0 Å². The van der Waals surface area contributed by atoms with Crippen LogP contribution in [0.1, 0.15) is 19.3 Å². The number of terminal acetylenes is 1. The Morgan fingerprint density at radius 1 is 1.38 bits per heavy atom. The summed E-state index contributed by atoms with van der Waals surface area (Å²) in [7, 11) is 1.44. The van der Waals surface area contributed by atoms with Crippen LogP contribution in [0.25, 0.3) is 0 Å². The minimum absolute atomic E-state index is 0.0289. The molecule has 2 fully saturated rings. The summed E-state index contributed by atoms with van der Waals surface area (Å²) in [6.07, 6.45) is 8.66. The molecule has 70 valence electrons. The van der Waals surface area contributed by atoms with E-state index in [0.29, 0.717) is 0 Å². The molecular formula is C11H14O2. The standard InChI is InChI=1S/C11H14O2/c1-3-7-4-8-5-9(8)6-10(7)11(12)13-2/h1,7-10H,4-6H2,2H3/t7-,8+,9+,10-/m1/s1. The summed E-state index contributed by atoms with van der Waals surface area (Å²) in [6.45, 7) is 0. The van der Waals surface area contributed by atoms with Crippen LogP contribution < -0.4 is 0 Å². The monoisotopic (exact) mass is 178 g/mol. The van der Waals surface area contributed by atoms with Crippen molar-refractivity contribution in [2.24, 2.45) is 23.7 Å². The molecule has 2 heteroatoms. The molecular weight excluding hydrogens is 164 g/mol. The molecule has 0 aromatic carbocycles. The van der Waals surface area contributed by atoms with Gasteiger partial charge in [-0.1, -0.05) is 0 Å². The van der Waals surface area contributed by atoms with Crippen molar-refractivity contribution >= 4 is 5.97 Å². The Morgan fingerprint density at radius 3 is 2.69 bits per heavy atom. The minimum atomic E-state index is -0.117. The van der Waals surface area contributed by atoms with Crippen molar-refractivity contribution in [2.45, 2.75) is 19.3 Å². The van der Waals surface area contributed by atoms with E-state index in [1.165, 1.54) is 13.5 Å². The summed E-state index contributed by atoms with van der Waals surface area (Å²) in [5, 5.41) is 0. The van der Waals surface area contributed by atoms with Gasteiger partial charge in [0.1, 0.15) is 0 Å². The average Bonchev–Trinajstić information content (AvgIpc) is 2.92. The first kappa shape index (κ1) is 8.62. The van der Waals surface area contributed by atoms with E-state index >= 15 is 0 Å². The second kappa shape index (κ2) is 3.06. The van der Waals surface area contributed by atoms with Crippen LogP contribution in [0, 0.1) is 36.0 Å². The van der Waals surface area contributed by atoms with Crippen molar-refractivity contribution in [3.63, 3.8) is 0 Å². The predicted octanol–water partition coefficient (Wildman–Crippen LogP) is 1.45. The van der Waals surface area contributed by atoms with Crippen molar-refractivity contribution in [1.82, 2.24) is 0 Å². The number of methoxy groups -OCH3 is 1. The van der Waals surface area contributed by atoms with Crippen molar-refractivity contribution in [3.8, 4) is 12.3 Å². The average molecular weight is 178 g/mol. The van der Waals surface area contributed by atoms with Gasteiger partial charge in [0.15, 0.2) is 0 Å². The lowest BCUT2D eigenvalue weighted by molar-refractivity contribution is -0.147. The Morgan fingerprint density at radius 2 is 2.08 bits per heavy atom. The zero-order valence-electron chi connectivity index (χ0n) is 7.82. The minimum Gasteiger partial charge on any atom is -0.469 e. The predicted molar refractivity (Wildman–Crippen MR) is 48.7 cm³/mol. The van der Waals surface area contributed by atoms with Crippen molar-refractivity contribution in [2.75, 3.05) is 7.11 Å². The number of esters is 1. The molecule has 2 nitrogen and oxygen atoms in total. The molecule has 0 amide bonds. The van der Waals surface area contributed by atoms with Gasteiger partial charge in [-0.05, 0) is 31.1 Å². The van der Waals surface area contributed by atoms with Crippen LogP contribution in [0.3, 0.4) is 0 Å². The third-order valence-corrected chi connectivity index (χ3v) is 3.39. The summed E-state index contributed by atoms with van der Waals surface area (Å²) >= 11 is 0. The van der Waals surface area contributed by atoms with E-state index in [1.54, 1.807) is 0 Å². The Kier molecular flexibility index (Phi) is 2.03. The van der Waals surface area contributed by atoms with Gasteiger partial charge in [-0.15, -0.1) is 12.3 Å². The summed E-state index contributed by atoms with van der Waals surface area (Å²) < 4.78 is 4.75. The lowest BCUT2D eigenvalue weighted by Crippen LogP contribution is -2.28. The van der Waals surface area contributed by atoms with Crippen LogP contribution >= 0.6 is 0 Å². The third-order valence-electron chi connectivity index (χ3n) is 3.39. The molecule has 2 rings (SSSR count). The quantitative estimate of drug-likeness (QED) is 0.449. The fraction of sp³-hybridized carbons (Fsp3) is 0.727. The molecule has 0 aromatic rings. The summed E-state index contributed by atoms with van der Waals surface area (Å²) in [4.78, 5) is 11.4. The van der Waals surface area contributed by atoms with Gasteiger partial charge in [-0.25, -0.2) is 0 Å². The zero-order chi connectivity index (χ0) is 9.42. The summed E-state index contributed by atoms with van der Waals surface area (Å²) in [5.41, 5.74) is 0. The van der Waals surface area contributed by atoms with Gasteiger partial charge in [0.2, 0.25) is 0 Å². The highest BCUT2D eigenvalue weighted by molar-refractivity contribution is 5.73. The first-order valence-electron chi connectivity index (χ1n) is 4.80. The molecule has 0 spiro atoms. The highest BCUT2D eigenvalue weighted by Gasteiger charge is 2.48. The molecule has 0 N–H and O–H groups in total. The molecule has 2 saturated carbocycles. The van der Waals surface area contributed by atoms with Gasteiger partial charge in [0, 0.05) is 5.92 Å². The maximum atomic E-state index is 11.4. The number of hydrogen-bond acceptors (Lipinski definition) is 2. The second-order valence-corrected chi connectivity index (χ2v) is 4.13. The van der Waals surface area contributed by atoms with Crippen molar-refractivity contribution in [3.05, 3.63) is 0 Å². The molecule has 0 aromatic heterocycles. The van der Waals surface area contributed by atoms with E-state index in [0.717, 1.165) is 24.7 Å². The summed E-state index contributed by atoms with van der Waals surface area (Å²) in [5.74, 6) is 4.27. The van der Waals surface area contributed by atoms with Crippen LogP contribution in [0.5, 0.6) is 0 Å². The number of hydrogen-bond donors (Lipinski definition) is 0. The number of carbonyl (C=O) groups excluding carboxylic acids is 1. The molecule has 4 atom stereocenters. The lowest BCUT2D eigenvalue weighted by atomic mass is 9.80. The maximum absolute atomic E-state index is 11.4. The molecule has 2 aliphatic carbocycles. The van der Waals surface area contributed by atoms with Crippen LogP contribution in [0.4, 0.5) is 0 Å². The van der Waals surface area contributed by atoms with Gasteiger partial charge in [0.05, 0.1) is 13.0 Å². The van der Waals surface area contributed by atoms with Crippen LogP contribution in [0.2, 0.25) is 0 Å². The topological polar surface area (TPSA) is 26.3 Å². The van der Waals surface area contributed by atoms with Crippen LogP contribution in [-0.2, 0) is 9.53 Å². The van der Waals surface area contributed by atoms with E-state index in [9.17, 15) is 4.79 Å². The highest BCUT2D eigenvalue weighted by atomic mass is 16.5. The molecule has 2 aliphatic rings. The van der Waals surface area contributed by atoms with Crippen molar-refractivity contribution < 1.29 is 9.53 Å². The van der Waals surface area contributed by atoms with Crippen LogP contribution in [0.15, 0.2) is 0 Å². The molecule has 0 saturated heterocycles. The first-order valence-corrected chi connectivity index (χ1v) is 4.80. The number of fused-ring (bicyclic) bond motifs is 1. The molecule has 0 heterocycles. The normalized spacial score (nSPS) is 41.5. The van der Waals surface area contributed by atoms with Gasteiger partial charge in [-0.3, -0.25) is 4.79 Å². The smallest absolute Gasteiger partial charge is 0.309 e. The third kappa shape index (κ3) is 1.44. The van der Waals surface area contributed by atoms with Gasteiger partial charge in [-0.2, -0.15) is 0 Å². The first-order chi connectivity index (χ1) is 6.26. The zero-order valence-corrected chi connectivity index (χ0v) is 7.82. The van der Waals surface area contributed by atoms with E-state index in [-0.39, 0.29) is 17.8 Å². The Labute approximate surface area is 78.7 Å². The van der Waals surface area contributed by atoms with Gasteiger partial charge >= 0.3 is 5.97 Å².